The molecule has 0 unspecified atom stereocenters. The van der Waals surface area contributed by atoms with Gasteiger partial charge in [-0.2, -0.15) is 9.97 Å². The molecule has 7 nitrogen and oxygen atoms in total. The first-order valence-corrected chi connectivity index (χ1v) is 11.2. The van der Waals surface area contributed by atoms with Crippen LogP contribution in [0.4, 0.5) is 14.6 Å². The Labute approximate surface area is 181 Å². The number of likely N-dealkylation sites (N-methyl/N-ethyl adjacent to an activating group) is 1. The Morgan fingerprint density at radius 1 is 1.23 bits per heavy atom. The zero-order chi connectivity index (χ0) is 21.6. The van der Waals surface area contributed by atoms with Crippen molar-refractivity contribution in [1.82, 2.24) is 24.8 Å². The fourth-order valence-corrected chi connectivity index (χ4v) is 5.45. The monoisotopic (exact) mass is 432 g/mol. The van der Waals surface area contributed by atoms with E-state index in [0.717, 1.165) is 38.4 Å². The highest BCUT2D eigenvalue weighted by Gasteiger charge is 2.49. The average Bonchev–Trinajstić information content (AvgIpc) is 3.21. The van der Waals surface area contributed by atoms with E-state index in [1.54, 1.807) is 6.20 Å². The van der Waals surface area contributed by atoms with Crippen molar-refractivity contribution < 1.29 is 13.5 Å². The third-order valence-electron chi connectivity index (χ3n) is 7.59. The van der Waals surface area contributed by atoms with Gasteiger partial charge in [0, 0.05) is 31.2 Å². The van der Waals surface area contributed by atoms with Crippen LogP contribution in [0, 0.1) is 5.82 Å². The number of pyridine rings is 1. The number of hydrogen-bond acceptors (Lipinski definition) is 7. The Kier molecular flexibility index (Phi) is 5.21. The van der Waals surface area contributed by atoms with Crippen LogP contribution in [0.25, 0.3) is 10.9 Å². The van der Waals surface area contributed by atoms with Crippen molar-refractivity contribution in [3.63, 3.8) is 0 Å². The fourth-order valence-electron chi connectivity index (χ4n) is 5.45. The highest BCUT2D eigenvalue weighted by Crippen LogP contribution is 2.40. The molecule has 0 bridgehead atoms. The lowest BCUT2D eigenvalue weighted by Crippen LogP contribution is -2.54. The lowest BCUT2D eigenvalue weighted by Gasteiger charge is -2.47. The van der Waals surface area contributed by atoms with E-state index in [2.05, 4.69) is 44.2 Å². The Morgan fingerprint density at radius 3 is 2.81 bits per heavy atom. The van der Waals surface area contributed by atoms with Gasteiger partial charge >= 0.3 is 6.01 Å². The number of nitrogens with one attached hydrogen (secondary N) is 1. The van der Waals surface area contributed by atoms with Crippen LogP contribution in [0.1, 0.15) is 38.5 Å². The summed E-state index contributed by atoms with van der Waals surface area (Å²) >= 11 is 0. The molecule has 1 N–H and O–H groups in total. The molecule has 3 aliphatic rings. The zero-order valence-corrected chi connectivity index (χ0v) is 18.2. The van der Waals surface area contributed by atoms with Crippen LogP contribution < -0.4 is 10.1 Å². The SMILES string of the molecule is CN(C)C1(CNc2nc(OC[C@]34CCCN3C[C@@H](F)C4)nc3c(F)cncc23)CCC1. The van der Waals surface area contributed by atoms with Gasteiger partial charge in [0.05, 0.1) is 17.1 Å². The molecular weight excluding hydrogens is 402 g/mol. The Morgan fingerprint density at radius 2 is 2.06 bits per heavy atom. The topological polar surface area (TPSA) is 66.4 Å². The lowest BCUT2D eigenvalue weighted by molar-refractivity contribution is 0.0738. The molecule has 31 heavy (non-hydrogen) atoms. The number of halogens is 2. The molecule has 2 atom stereocenters. The average molecular weight is 433 g/mol. The van der Waals surface area contributed by atoms with Crippen molar-refractivity contribution in [3.05, 3.63) is 18.2 Å². The zero-order valence-electron chi connectivity index (χ0n) is 18.2. The first kappa shape index (κ1) is 20.8. The predicted octanol–water partition coefficient (Wildman–Crippen LogP) is 3.02. The number of anilines is 1. The largest absolute Gasteiger partial charge is 0.461 e. The molecule has 4 heterocycles. The predicted molar refractivity (Wildman–Crippen MR) is 115 cm³/mol. The fraction of sp³-hybridized carbons (Fsp3) is 0.682. The molecule has 2 aromatic rings. The van der Waals surface area contributed by atoms with E-state index >= 15 is 0 Å². The number of ether oxygens (including phenoxy) is 1. The van der Waals surface area contributed by atoms with Gasteiger partial charge in [-0.25, -0.2) is 8.78 Å². The molecule has 168 valence electrons. The van der Waals surface area contributed by atoms with Crippen LogP contribution in [0.15, 0.2) is 12.4 Å². The summed E-state index contributed by atoms with van der Waals surface area (Å²) in [7, 11) is 4.17. The number of hydrogen-bond donors (Lipinski definition) is 1. The summed E-state index contributed by atoms with van der Waals surface area (Å²) in [6.07, 6.45) is 7.71. The maximum atomic E-state index is 14.5. The summed E-state index contributed by atoms with van der Waals surface area (Å²) in [4.78, 5) is 17.3. The normalized spacial score (nSPS) is 27.5. The third kappa shape index (κ3) is 3.61. The van der Waals surface area contributed by atoms with Gasteiger partial charge in [0.1, 0.15) is 24.1 Å². The van der Waals surface area contributed by atoms with Gasteiger partial charge in [-0.05, 0) is 52.7 Å². The second kappa shape index (κ2) is 7.78. The second-order valence-corrected chi connectivity index (χ2v) is 9.56. The van der Waals surface area contributed by atoms with Gasteiger partial charge in [-0.1, -0.05) is 0 Å². The highest BCUT2D eigenvalue weighted by molar-refractivity contribution is 5.88. The number of nitrogens with zero attached hydrogens (tertiary/aromatic N) is 5. The molecule has 0 radical (unpaired) electrons. The van der Waals surface area contributed by atoms with Crippen molar-refractivity contribution in [3.8, 4) is 6.01 Å². The molecule has 0 amide bonds. The summed E-state index contributed by atoms with van der Waals surface area (Å²) in [5, 5.41) is 3.94. The van der Waals surface area contributed by atoms with Gasteiger partial charge < -0.3 is 15.0 Å². The van der Waals surface area contributed by atoms with Crippen LogP contribution in [0.5, 0.6) is 6.01 Å². The minimum absolute atomic E-state index is 0.0718. The van der Waals surface area contributed by atoms with Crippen LogP contribution >= 0.6 is 0 Å². The van der Waals surface area contributed by atoms with Gasteiger partial charge in [-0.15, -0.1) is 0 Å². The molecule has 0 aromatic carbocycles. The molecule has 3 fully saturated rings. The lowest BCUT2D eigenvalue weighted by atomic mass is 9.75. The van der Waals surface area contributed by atoms with E-state index in [-0.39, 0.29) is 22.6 Å². The van der Waals surface area contributed by atoms with E-state index < -0.39 is 12.0 Å². The van der Waals surface area contributed by atoms with Crippen LogP contribution in [-0.4, -0.2) is 82.3 Å². The number of aromatic nitrogens is 3. The molecule has 2 saturated heterocycles. The Bertz CT molecular complexity index is 968. The molecule has 5 rings (SSSR count). The molecule has 0 spiro atoms. The van der Waals surface area contributed by atoms with E-state index in [9.17, 15) is 8.78 Å². The van der Waals surface area contributed by atoms with Crippen LogP contribution in [0.2, 0.25) is 0 Å². The highest BCUT2D eigenvalue weighted by atomic mass is 19.1. The molecule has 1 aliphatic carbocycles. The molecule has 9 heteroatoms. The van der Waals surface area contributed by atoms with Crippen molar-refractivity contribution in [1.29, 1.82) is 0 Å². The van der Waals surface area contributed by atoms with Crippen LogP contribution in [0.3, 0.4) is 0 Å². The van der Waals surface area contributed by atoms with Crippen molar-refractivity contribution in [2.24, 2.45) is 0 Å². The number of alkyl halides is 1. The quantitative estimate of drug-likeness (QED) is 0.721. The third-order valence-corrected chi connectivity index (χ3v) is 7.59. The summed E-state index contributed by atoms with van der Waals surface area (Å²) in [5.74, 6) is 0.0137. The van der Waals surface area contributed by atoms with Gasteiger partial charge in [0.2, 0.25) is 0 Å². The Hall–Kier alpha value is -2.13. The van der Waals surface area contributed by atoms with Crippen molar-refractivity contribution >= 4 is 16.7 Å². The first-order chi connectivity index (χ1) is 14.9. The molecular formula is C22H30F2N6O. The number of rotatable bonds is 7. The van der Waals surface area contributed by atoms with Gasteiger partial charge in [-0.3, -0.25) is 9.88 Å². The molecule has 1 saturated carbocycles. The van der Waals surface area contributed by atoms with E-state index in [0.29, 0.717) is 37.3 Å². The summed E-state index contributed by atoms with van der Waals surface area (Å²) in [6.45, 7) is 2.36. The van der Waals surface area contributed by atoms with Gasteiger partial charge in [0.15, 0.2) is 5.82 Å². The standard InChI is InChI=1S/C22H30F2N6O/c1-29(2)21(5-3-6-21)13-26-19-16-10-25-11-17(24)18(16)27-20(28-19)31-14-22-7-4-8-30(22)12-15(23)9-22/h10-11,15H,3-9,12-14H2,1-2H3,(H,26,27,28)/t15-,22+/m0/s1. The van der Waals surface area contributed by atoms with Gasteiger partial charge in [0.25, 0.3) is 0 Å². The second-order valence-electron chi connectivity index (χ2n) is 9.56. The molecule has 2 aliphatic heterocycles. The molecule has 2 aromatic heterocycles. The van der Waals surface area contributed by atoms with Crippen molar-refractivity contribution in [2.75, 3.05) is 45.7 Å². The van der Waals surface area contributed by atoms with E-state index in [4.69, 9.17) is 4.74 Å². The minimum atomic E-state index is -0.827. The maximum Gasteiger partial charge on any atom is 0.319 e. The summed E-state index contributed by atoms with van der Waals surface area (Å²) in [5.41, 5.74) is -0.0451. The van der Waals surface area contributed by atoms with Crippen molar-refractivity contribution in [2.45, 2.75) is 55.8 Å². The smallest absolute Gasteiger partial charge is 0.319 e. The maximum absolute atomic E-state index is 14.5. The minimum Gasteiger partial charge on any atom is -0.461 e. The first-order valence-electron chi connectivity index (χ1n) is 11.2. The van der Waals surface area contributed by atoms with E-state index in [1.165, 1.54) is 6.42 Å². The summed E-state index contributed by atoms with van der Waals surface area (Å²) < 4.78 is 34.6. The van der Waals surface area contributed by atoms with E-state index in [1.807, 2.05) is 0 Å². The van der Waals surface area contributed by atoms with Crippen LogP contribution in [-0.2, 0) is 0 Å². The Balaban J connectivity index is 1.40. The summed E-state index contributed by atoms with van der Waals surface area (Å²) in [6, 6.07) is 0.121. The number of fused-ring (bicyclic) bond motifs is 2.